The average molecular weight is 278 g/mol. The van der Waals surface area contributed by atoms with Crippen molar-refractivity contribution < 1.29 is 19.4 Å². The Hall–Kier alpha value is -2.08. The Kier molecular flexibility index (Phi) is 4.95. The van der Waals surface area contributed by atoms with Crippen molar-refractivity contribution in [3.63, 3.8) is 0 Å². The molecule has 1 aromatic rings. The first-order valence-electron chi connectivity index (χ1n) is 6.54. The zero-order valence-corrected chi connectivity index (χ0v) is 11.0. The molecule has 2 amide bonds. The number of benzene rings is 1. The van der Waals surface area contributed by atoms with E-state index in [2.05, 4.69) is 10.6 Å². The predicted molar refractivity (Wildman–Crippen MR) is 71.8 cm³/mol. The fourth-order valence-corrected chi connectivity index (χ4v) is 2.16. The lowest BCUT2D eigenvalue weighted by molar-refractivity contribution is -0.119. The van der Waals surface area contributed by atoms with Crippen LogP contribution >= 0.6 is 0 Å². The molecular formula is C14H18N2O4. The van der Waals surface area contributed by atoms with Gasteiger partial charge >= 0.3 is 6.09 Å². The second-order valence-corrected chi connectivity index (χ2v) is 4.76. The van der Waals surface area contributed by atoms with Crippen LogP contribution < -0.4 is 10.6 Å². The lowest BCUT2D eigenvalue weighted by Gasteiger charge is -2.16. The molecule has 1 saturated heterocycles. The van der Waals surface area contributed by atoms with Gasteiger partial charge < -0.3 is 20.5 Å². The zero-order valence-electron chi connectivity index (χ0n) is 11.0. The third kappa shape index (κ3) is 3.96. The standard InChI is InChI=1S/C14H18N2O4/c17-8-12-11(6-13(18)16-12)7-15-14(19)20-9-10-4-2-1-3-5-10/h1-5,11-12,17H,6-9H2,(H,15,19)(H,16,18)/t11-,12-/m1/s1. The summed E-state index contributed by atoms with van der Waals surface area (Å²) in [5.74, 6) is -0.203. The van der Waals surface area contributed by atoms with E-state index in [1.807, 2.05) is 30.3 Å². The van der Waals surface area contributed by atoms with Crippen LogP contribution in [-0.4, -0.2) is 36.3 Å². The topological polar surface area (TPSA) is 87.7 Å². The fraction of sp³-hybridized carbons (Fsp3) is 0.429. The number of hydrogen-bond donors (Lipinski definition) is 3. The van der Waals surface area contributed by atoms with Gasteiger partial charge in [-0.2, -0.15) is 0 Å². The van der Waals surface area contributed by atoms with E-state index in [9.17, 15) is 9.59 Å². The summed E-state index contributed by atoms with van der Waals surface area (Å²) in [6.45, 7) is 0.382. The van der Waals surface area contributed by atoms with Crippen molar-refractivity contribution in [1.29, 1.82) is 0 Å². The first kappa shape index (κ1) is 14.3. The molecule has 3 N–H and O–H groups in total. The van der Waals surface area contributed by atoms with Crippen LogP contribution in [0.25, 0.3) is 0 Å². The SMILES string of the molecule is O=C1C[C@H](CNC(=O)OCc2ccccc2)[C@@H](CO)N1. The maximum Gasteiger partial charge on any atom is 0.407 e. The van der Waals surface area contributed by atoms with E-state index in [1.165, 1.54) is 0 Å². The number of hydrogen-bond acceptors (Lipinski definition) is 4. The molecule has 1 aromatic carbocycles. The Morgan fingerprint density at radius 3 is 2.85 bits per heavy atom. The van der Waals surface area contributed by atoms with Crippen molar-refractivity contribution >= 4 is 12.0 Å². The summed E-state index contributed by atoms with van der Waals surface area (Å²) in [4.78, 5) is 22.8. The first-order valence-corrected chi connectivity index (χ1v) is 6.54. The van der Waals surface area contributed by atoms with Gasteiger partial charge in [0.05, 0.1) is 12.6 Å². The molecule has 0 saturated carbocycles. The second kappa shape index (κ2) is 6.91. The Morgan fingerprint density at radius 2 is 2.15 bits per heavy atom. The minimum Gasteiger partial charge on any atom is -0.445 e. The van der Waals surface area contributed by atoms with E-state index >= 15 is 0 Å². The molecule has 0 unspecified atom stereocenters. The van der Waals surface area contributed by atoms with Crippen LogP contribution in [-0.2, 0) is 16.1 Å². The number of alkyl carbamates (subject to hydrolysis) is 1. The van der Waals surface area contributed by atoms with Crippen LogP contribution in [0.5, 0.6) is 0 Å². The highest BCUT2D eigenvalue weighted by Gasteiger charge is 2.31. The number of aliphatic hydroxyl groups excluding tert-OH is 1. The molecule has 2 atom stereocenters. The molecule has 0 bridgehead atoms. The minimum absolute atomic E-state index is 0.100. The molecule has 2 rings (SSSR count). The number of amides is 2. The van der Waals surface area contributed by atoms with Crippen LogP contribution in [0.4, 0.5) is 4.79 Å². The molecular weight excluding hydrogens is 260 g/mol. The Morgan fingerprint density at radius 1 is 1.40 bits per heavy atom. The lowest BCUT2D eigenvalue weighted by Crippen LogP contribution is -2.38. The monoisotopic (exact) mass is 278 g/mol. The molecule has 20 heavy (non-hydrogen) atoms. The number of aliphatic hydroxyl groups is 1. The van der Waals surface area contributed by atoms with Crippen molar-refractivity contribution in [1.82, 2.24) is 10.6 Å². The van der Waals surface area contributed by atoms with Crippen molar-refractivity contribution in [3.05, 3.63) is 35.9 Å². The van der Waals surface area contributed by atoms with E-state index < -0.39 is 6.09 Å². The molecule has 1 aliphatic heterocycles. The van der Waals surface area contributed by atoms with Crippen LogP contribution in [0.1, 0.15) is 12.0 Å². The second-order valence-electron chi connectivity index (χ2n) is 4.76. The Balaban J connectivity index is 1.71. The molecule has 0 aromatic heterocycles. The molecule has 0 aliphatic carbocycles. The summed E-state index contributed by atoms with van der Waals surface area (Å²) >= 11 is 0. The molecule has 1 fully saturated rings. The molecule has 6 heteroatoms. The van der Waals surface area contributed by atoms with Crippen LogP contribution in [0, 0.1) is 5.92 Å². The third-order valence-corrected chi connectivity index (χ3v) is 3.28. The highest BCUT2D eigenvalue weighted by atomic mass is 16.5. The maximum absolute atomic E-state index is 11.5. The molecule has 1 heterocycles. The number of ether oxygens (including phenoxy) is 1. The molecule has 6 nitrogen and oxygen atoms in total. The van der Waals surface area contributed by atoms with Gasteiger partial charge in [-0.25, -0.2) is 4.79 Å². The molecule has 1 aliphatic rings. The van der Waals surface area contributed by atoms with Gasteiger partial charge in [-0.15, -0.1) is 0 Å². The van der Waals surface area contributed by atoms with E-state index in [4.69, 9.17) is 9.84 Å². The smallest absolute Gasteiger partial charge is 0.407 e. The summed E-state index contributed by atoms with van der Waals surface area (Å²) in [5, 5.41) is 14.4. The number of carbonyl (C=O) groups excluding carboxylic acids is 2. The summed E-state index contributed by atoms with van der Waals surface area (Å²) in [5.41, 5.74) is 0.911. The van der Waals surface area contributed by atoms with E-state index in [-0.39, 0.29) is 31.1 Å². The summed E-state index contributed by atoms with van der Waals surface area (Å²) in [7, 11) is 0. The van der Waals surface area contributed by atoms with Gasteiger partial charge in [-0.05, 0) is 5.56 Å². The minimum atomic E-state index is -0.523. The van der Waals surface area contributed by atoms with Crippen LogP contribution in [0.3, 0.4) is 0 Å². The molecule has 0 radical (unpaired) electrons. The van der Waals surface area contributed by atoms with Gasteiger partial charge in [0.25, 0.3) is 0 Å². The van der Waals surface area contributed by atoms with Crippen molar-refractivity contribution in [3.8, 4) is 0 Å². The van der Waals surface area contributed by atoms with Crippen LogP contribution in [0.15, 0.2) is 30.3 Å². The number of carbonyl (C=O) groups is 2. The zero-order chi connectivity index (χ0) is 14.4. The number of rotatable bonds is 5. The highest BCUT2D eigenvalue weighted by Crippen LogP contribution is 2.15. The molecule has 108 valence electrons. The van der Waals surface area contributed by atoms with Crippen molar-refractivity contribution in [2.24, 2.45) is 5.92 Å². The van der Waals surface area contributed by atoms with Gasteiger partial charge in [0.2, 0.25) is 5.91 Å². The quantitative estimate of drug-likeness (QED) is 0.728. The summed E-state index contributed by atoms with van der Waals surface area (Å²) in [6, 6.07) is 9.08. The van der Waals surface area contributed by atoms with Crippen molar-refractivity contribution in [2.45, 2.75) is 19.1 Å². The fourth-order valence-electron chi connectivity index (χ4n) is 2.16. The average Bonchev–Trinajstić information content (AvgIpc) is 2.84. The summed E-state index contributed by atoms with van der Waals surface area (Å²) < 4.78 is 5.07. The third-order valence-electron chi connectivity index (χ3n) is 3.28. The largest absolute Gasteiger partial charge is 0.445 e. The predicted octanol–water partition coefficient (Wildman–Crippen LogP) is 0.410. The first-order chi connectivity index (χ1) is 9.69. The van der Waals surface area contributed by atoms with Gasteiger partial charge in [0, 0.05) is 18.9 Å². The highest BCUT2D eigenvalue weighted by molar-refractivity contribution is 5.79. The normalized spacial score (nSPS) is 21.4. The van der Waals surface area contributed by atoms with E-state index in [1.54, 1.807) is 0 Å². The van der Waals surface area contributed by atoms with Crippen LogP contribution in [0.2, 0.25) is 0 Å². The van der Waals surface area contributed by atoms with E-state index in [0.717, 1.165) is 5.56 Å². The van der Waals surface area contributed by atoms with Crippen molar-refractivity contribution in [2.75, 3.05) is 13.2 Å². The molecule has 0 spiro atoms. The Bertz CT molecular complexity index is 464. The van der Waals surface area contributed by atoms with E-state index in [0.29, 0.717) is 13.0 Å². The van der Waals surface area contributed by atoms with Gasteiger partial charge in [0.1, 0.15) is 6.61 Å². The summed E-state index contributed by atoms with van der Waals surface area (Å²) in [6.07, 6.45) is -0.214. The van der Waals surface area contributed by atoms with Gasteiger partial charge in [0.15, 0.2) is 0 Å². The van der Waals surface area contributed by atoms with Gasteiger partial charge in [-0.3, -0.25) is 4.79 Å². The lowest BCUT2D eigenvalue weighted by atomic mass is 10.0. The maximum atomic E-state index is 11.5. The van der Waals surface area contributed by atoms with Gasteiger partial charge in [-0.1, -0.05) is 30.3 Å². The number of nitrogens with one attached hydrogen (secondary N) is 2. The Labute approximate surface area is 117 Å².